The highest BCUT2D eigenvalue weighted by Crippen LogP contribution is 2.34. The Morgan fingerprint density at radius 1 is 1.53 bits per heavy atom. The summed E-state index contributed by atoms with van der Waals surface area (Å²) in [7, 11) is 1.55. The molecule has 2 N–H and O–H groups in total. The van der Waals surface area contributed by atoms with Crippen LogP contribution in [0.3, 0.4) is 0 Å². The van der Waals surface area contributed by atoms with Gasteiger partial charge in [0.25, 0.3) is 0 Å². The first kappa shape index (κ1) is 14.2. The Balaban J connectivity index is 2.30. The summed E-state index contributed by atoms with van der Waals surface area (Å²) in [4.78, 5) is 12.9. The van der Waals surface area contributed by atoms with Gasteiger partial charge < -0.3 is 15.4 Å². The summed E-state index contributed by atoms with van der Waals surface area (Å²) in [6.45, 7) is -1.63. The molecule has 100 valence electrons. The molecule has 1 rings (SSSR count). The molecule has 1 atom stereocenters. The van der Waals surface area contributed by atoms with E-state index in [2.05, 4.69) is 4.74 Å². The van der Waals surface area contributed by atoms with E-state index in [1.165, 1.54) is 4.90 Å². The average Bonchev–Trinajstić information content (AvgIpc) is 3.00. The smallest absolute Gasteiger partial charge is 0.362 e. The molecule has 0 aromatic heterocycles. The maximum absolute atomic E-state index is 11.8. The molecule has 4 nitrogen and oxygen atoms in total. The Morgan fingerprint density at radius 2 is 2.12 bits per heavy atom. The fourth-order valence-corrected chi connectivity index (χ4v) is 1.69. The van der Waals surface area contributed by atoms with Gasteiger partial charge in [0.1, 0.15) is 13.2 Å². The van der Waals surface area contributed by atoms with E-state index < -0.39 is 25.3 Å². The second kappa shape index (κ2) is 5.68. The summed E-state index contributed by atoms with van der Waals surface area (Å²) in [5, 5.41) is 0. The lowest BCUT2D eigenvalue weighted by Crippen LogP contribution is -2.45. The van der Waals surface area contributed by atoms with Gasteiger partial charge in [0, 0.05) is 19.6 Å². The zero-order valence-corrected chi connectivity index (χ0v) is 9.67. The number of rotatable bonds is 6. The number of halogens is 3. The van der Waals surface area contributed by atoms with Crippen LogP contribution in [0.25, 0.3) is 0 Å². The van der Waals surface area contributed by atoms with E-state index in [4.69, 9.17) is 5.73 Å². The zero-order valence-electron chi connectivity index (χ0n) is 9.67. The first-order valence-electron chi connectivity index (χ1n) is 5.45. The Labute approximate surface area is 97.9 Å². The Hall–Kier alpha value is -0.820. The van der Waals surface area contributed by atoms with Gasteiger partial charge in [0.2, 0.25) is 5.91 Å². The van der Waals surface area contributed by atoms with Gasteiger partial charge in [-0.2, -0.15) is 13.2 Å². The molecule has 7 heteroatoms. The molecule has 1 aliphatic carbocycles. The van der Waals surface area contributed by atoms with Crippen LogP contribution in [0.1, 0.15) is 12.8 Å². The van der Waals surface area contributed by atoms with E-state index in [0.29, 0.717) is 12.5 Å². The van der Waals surface area contributed by atoms with Crippen molar-refractivity contribution < 1.29 is 22.7 Å². The Morgan fingerprint density at radius 3 is 2.53 bits per heavy atom. The lowest BCUT2D eigenvalue weighted by Gasteiger charge is -2.27. The number of hydrogen-bond acceptors (Lipinski definition) is 3. The van der Waals surface area contributed by atoms with Crippen molar-refractivity contribution in [3.05, 3.63) is 0 Å². The SMILES string of the molecule is CN(C(=O)COCC(F)(F)F)C(CN)C1CC1. The lowest BCUT2D eigenvalue weighted by molar-refractivity contribution is -0.178. The number of carbonyl (C=O) groups excluding carboxylic acids is 1. The predicted molar refractivity (Wildman–Crippen MR) is 55.2 cm³/mol. The molecular formula is C10H17F3N2O2. The lowest BCUT2D eigenvalue weighted by atomic mass is 10.1. The Bertz CT molecular complexity index is 267. The van der Waals surface area contributed by atoms with Crippen molar-refractivity contribution >= 4 is 5.91 Å². The number of ether oxygens (including phenoxy) is 1. The van der Waals surface area contributed by atoms with Crippen LogP contribution in [0, 0.1) is 5.92 Å². The molecule has 1 amide bonds. The van der Waals surface area contributed by atoms with Crippen molar-refractivity contribution in [1.82, 2.24) is 4.90 Å². The summed E-state index contributed by atoms with van der Waals surface area (Å²) in [5.74, 6) is -0.0758. The van der Waals surface area contributed by atoms with Crippen LogP contribution < -0.4 is 5.73 Å². The molecule has 1 saturated carbocycles. The summed E-state index contributed by atoms with van der Waals surface area (Å²) in [6, 6.07) is -0.0861. The van der Waals surface area contributed by atoms with Gasteiger partial charge in [-0.15, -0.1) is 0 Å². The number of hydrogen-bond donors (Lipinski definition) is 1. The van der Waals surface area contributed by atoms with Crippen molar-refractivity contribution in [1.29, 1.82) is 0 Å². The molecule has 0 spiro atoms. The summed E-state index contributed by atoms with van der Waals surface area (Å²) in [6.07, 6.45) is -2.37. The Kier molecular flexibility index (Phi) is 4.76. The first-order valence-corrected chi connectivity index (χ1v) is 5.45. The van der Waals surface area contributed by atoms with Crippen LogP contribution in [-0.4, -0.2) is 49.8 Å². The normalized spacial score (nSPS) is 17.9. The molecular weight excluding hydrogens is 237 g/mol. The molecule has 0 saturated heterocycles. The van der Waals surface area contributed by atoms with E-state index in [1.54, 1.807) is 7.05 Å². The topological polar surface area (TPSA) is 55.6 Å². The van der Waals surface area contributed by atoms with E-state index in [9.17, 15) is 18.0 Å². The van der Waals surface area contributed by atoms with E-state index in [1.807, 2.05) is 0 Å². The number of alkyl halides is 3. The van der Waals surface area contributed by atoms with E-state index in [-0.39, 0.29) is 6.04 Å². The predicted octanol–water partition coefficient (Wildman–Crippen LogP) is 0.761. The van der Waals surface area contributed by atoms with E-state index >= 15 is 0 Å². The molecule has 0 aliphatic heterocycles. The number of carbonyl (C=O) groups is 1. The highest BCUT2D eigenvalue weighted by molar-refractivity contribution is 5.77. The summed E-state index contributed by atoms with van der Waals surface area (Å²) in [5.41, 5.74) is 5.54. The van der Waals surface area contributed by atoms with Gasteiger partial charge in [0.15, 0.2) is 0 Å². The van der Waals surface area contributed by atoms with E-state index in [0.717, 1.165) is 12.8 Å². The van der Waals surface area contributed by atoms with Crippen LogP contribution in [0.5, 0.6) is 0 Å². The fourth-order valence-electron chi connectivity index (χ4n) is 1.69. The highest BCUT2D eigenvalue weighted by Gasteiger charge is 2.35. The minimum Gasteiger partial charge on any atom is -0.362 e. The van der Waals surface area contributed by atoms with Crippen molar-refractivity contribution in [2.75, 3.05) is 26.8 Å². The third-order valence-corrected chi connectivity index (χ3v) is 2.79. The van der Waals surface area contributed by atoms with Gasteiger partial charge in [0.05, 0.1) is 0 Å². The van der Waals surface area contributed by atoms with Gasteiger partial charge in [-0.25, -0.2) is 0 Å². The molecule has 0 heterocycles. The summed E-state index contributed by atoms with van der Waals surface area (Å²) >= 11 is 0. The van der Waals surface area contributed by atoms with Crippen molar-refractivity contribution in [2.45, 2.75) is 25.1 Å². The van der Waals surface area contributed by atoms with Crippen molar-refractivity contribution in [3.8, 4) is 0 Å². The maximum atomic E-state index is 11.8. The van der Waals surface area contributed by atoms with Crippen LogP contribution in [0.15, 0.2) is 0 Å². The van der Waals surface area contributed by atoms with Crippen molar-refractivity contribution in [2.24, 2.45) is 11.7 Å². The molecule has 17 heavy (non-hydrogen) atoms. The van der Waals surface area contributed by atoms with Crippen LogP contribution in [-0.2, 0) is 9.53 Å². The molecule has 1 aliphatic rings. The molecule has 0 aromatic rings. The third-order valence-electron chi connectivity index (χ3n) is 2.79. The van der Waals surface area contributed by atoms with Crippen LogP contribution >= 0.6 is 0 Å². The van der Waals surface area contributed by atoms with Crippen LogP contribution in [0.4, 0.5) is 13.2 Å². The number of likely N-dealkylation sites (N-methyl/N-ethyl adjacent to an activating group) is 1. The minimum atomic E-state index is -4.40. The second-order valence-corrected chi connectivity index (χ2v) is 4.25. The third kappa shape index (κ3) is 4.91. The highest BCUT2D eigenvalue weighted by atomic mass is 19.4. The number of nitrogens with zero attached hydrogens (tertiary/aromatic N) is 1. The van der Waals surface area contributed by atoms with Crippen molar-refractivity contribution in [3.63, 3.8) is 0 Å². The van der Waals surface area contributed by atoms with Gasteiger partial charge in [-0.05, 0) is 18.8 Å². The fraction of sp³-hybridized carbons (Fsp3) is 0.900. The standard InChI is InChI=1S/C10H17F3N2O2/c1-15(8(4-14)7-2-3-7)9(16)5-17-6-10(11,12)13/h7-8H,2-6,14H2,1H3. The minimum absolute atomic E-state index is 0.0861. The monoisotopic (exact) mass is 254 g/mol. The number of nitrogens with two attached hydrogens (primary N) is 1. The average molecular weight is 254 g/mol. The van der Waals surface area contributed by atoms with Crippen LogP contribution in [0.2, 0.25) is 0 Å². The number of amides is 1. The zero-order chi connectivity index (χ0) is 13.1. The molecule has 0 aromatic carbocycles. The maximum Gasteiger partial charge on any atom is 0.411 e. The van der Waals surface area contributed by atoms with Gasteiger partial charge in [-0.1, -0.05) is 0 Å². The molecule has 1 fully saturated rings. The summed E-state index contributed by atoms with van der Waals surface area (Å²) < 4.78 is 39.7. The van der Waals surface area contributed by atoms with Gasteiger partial charge in [-0.3, -0.25) is 4.79 Å². The second-order valence-electron chi connectivity index (χ2n) is 4.25. The first-order chi connectivity index (χ1) is 7.85. The van der Waals surface area contributed by atoms with Gasteiger partial charge >= 0.3 is 6.18 Å². The molecule has 0 bridgehead atoms. The molecule has 0 radical (unpaired) electrons. The quantitative estimate of drug-likeness (QED) is 0.761. The largest absolute Gasteiger partial charge is 0.411 e. The molecule has 1 unspecified atom stereocenters.